The molecule has 0 aliphatic heterocycles. The Kier molecular flexibility index (Phi) is 5.84. The number of aromatic hydroxyl groups is 1. The summed E-state index contributed by atoms with van der Waals surface area (Å²) in [4.78, 5) is 0. The van der Waals surface area contributed by atoms with Crippen LogP contribution in [0.15, 0.2) is 24.3 Å². The van der Waals surface area contributed by atoms with Gasteiger partial charge in [-0.1, -0.05) is 38.8 Å². The lowest BCUT2D eigenvalue weighted by Crippen LogP contribution is -2.25. The van der Waals surface area contributed by atoms with Crippen LogP contribution in [0.25, 0.3) is 0 Å². The van der Waals surface area contributed by atoms with E-state index in [0.29, 0.717) is 11.6 Å². The molecule has 1 N–H and O–H groups in total. The molecule has 0 saturated heterocycles. The van der Waals surface area contributed by atoms with Gasteiger partial charge >= 0.3 is 0 Å². The van der Waals surface area contributed by atoms with Crippen molar-refractivity contribution in [2.75, 3.05) is 5.88 Å². The largest absolute Gasteiger partial charge is 0.508 e. The predicted molar refractivity (Wildman–Crippen MR) is 74.8 cm³/mol. The second-order valence-electron chi connectivity index (χ2n) is 4.94. The van der Waals surface area contributed by atoms with Crippen molar-refractivity contribution in [3.8, 4) is 5.75 Å². The van der Waals surface area contributed by atoms with Gasteiger partial charge in [-0.3, -0.25) is 0 Å². The number of hydrogen-bond donors (Lipinski definition) is 1. The number of rotatable bonds is 7. The molecule has 0 bridgehead atoms. The fraction of sp³-hybridized carbons (Fsp3) is 0.600. The van der Waals surface area contributed by atoms with E-state index >= 15 is 0 Å². The van der Waals surface area contributed by atoms with Crippen LogP contribution in [0, 0.1) is 5.41 Å². The number of phenolic OH excluding ortho intramolecular Hbond substituents is 1. The average Bonchev–Trinajstić information content (AvgIpc) is 2.35. The average molecular weight is 255 g/mol. The minimum absolute atomic E-state index is 0.186. The van der Waals surface area contributed by atoms with Crippen LogP contribution in [0.4, 0.5) is 0 Å². The molecule has 0 aliphatic carbocycles. The van der Waals surface area contributed by atoms with Gasteiger partial charge < -0.3 is 5.11 Å². The van der Waals surface area contributed by atoms with E-state index in [2.05, 4.69) is 19.9 Å². The van der Waals surface area contributed by atoms with Crippen molar-refractivity contribution in [2.24, 2.45) is 5.41 Å². The molecule has 0 aromatic heterocycles. The molecule has 1 aromatic rings. The number of benzene rings is 1. The second-order valence-corrected chi connectivity index (χ2v) is 5.20. The summed E-state index contributed by atoms with van der Waals surface area (Å²) in [7, 11) is 0. The monoisotopic (exact) mass is 254 g/mol. The van der Waals surface area contributed by atoms with Gasteiger partial charge in [-0.2, -0.15) is 0 Å². The van der Waals surface area contributed by atoms with Crippen molar-refractivity contribution in [1.29, 1.82) is 0 Å². The first-order chi connectivity index (χ1) is 8.15. The molecular formula is C15H23ClO. The lowest BCUT2D eigenvalue weighted by atomic mass is 9.77. The molecule has 1 atom stereocenters. The molecule has 0 aliphatic rings. The van der Waals surface area contributed by atoms with Gasteiger partial charge in [0.05, 0.1) is 0 Å². The first-order valence-corrected chi connectivity index (χ1v) is 7.03. The van der Waals surface area contributed by atoms with Crippen LogP contribution >= 0.6 is 11.6 Å². The van der Waals surface area contributed by atoms with E-state index in [4.69, 9.17) is 11.6 Å². The highest BCUT2D eigenvalue weighted by molar-refractivity contribution is 6.18. The molecule has 1 rings (SSSR count). The van der Waals surface area contributed by atoms with E-state index < -0.39 is 0 Å². The van der Waals surface area contributed by atoms with Crippen molar-refractivity contribution in [1.82, 2.24) is 0 Å². The molecule has 1 unspecified atom stereocenters. The lowest BCUT2D eigenvalue weighted by Gasteiger charge is -2.31. The van der Waals surface area contributed by atoms with Crippen LogP contribution in [0.1, 0.15) is 45.1 Å². The van der Waals surface area contributed by atoms with E-state index in [9.17, 15) is 5.11 Å². The van der Waals surface area contributed by atoms with Crippen LogP contribution in [-0.4, -0.2) is 11.0 Å². The molecule has 1 aromatic carbocycles. The van der Waals surface area contributed by atoms with E-state index in [-0.39, 0.29) is 5.41 Å². The van der Waals surface area contributed by atoms with Crippen LogP contribution in [-0.2, 0) is 6.42 Å². The maximum Gasteiger partial charge on any atom is 0.115 e. The summed E-state index contributed by atoms with van der Waals surface area (Å²) in [5, 5.41) is 9.50. The van der Waals surface area contributed by atoms with Gasteiger partial charge in [-0.05, 0) is 42.4 Å². The SMILES string of the molecule is CCCCC(CC)(CCl)Cc1cccc(O)c1. The van der Waals surface area contributed by atoms with Crippen molar-refractivity contribution in [2.45, 2.75) is 46.0 Å². The minimum Gasteiger partial charge on any atom is -0.508 e. The number of hydrogen-bond acceptors (Lipinski definition) is 1. The summed E-state index contributed by atoms with van der Waals surface area (Å²) in [6.07, 6.45) is 5.64. The molecular weight excluding hydrogens is 232 g/mol. The second kappa shape index (κ2) is 6.90. The molecule has 0 heterocycles. The maximum atomic E-state index is 9.50. The van der Waals surface area contributed by atoms with Gasteiger partial charge in [-0.15, -0.1) is 11.6 Å². The van der Waals surface area contributed by atoms with Crippen LogP contribution in [0.5, 0.6) is 5.75 Å². The fourth-order valence-electron chi connectivity index (χ4n) is 2.25. The molecule has 17 heavy (non-hydrogen) atoms. The van der Waals surface area contributed by atoms with E-state index in [0.717, 1.165) is 12.8 Å². The highest BCUT2D eigenvalue weighted by atomic mass is 35.5. The Bertz CT molecular complexity index is 331. The lowest BCUT2D eigenvalue weighted by molar-refractivity contribution is 0.279. The summed E-state index contributed by atoms with van der Waals surface area (Å²) >= 11 is 6.19. The third kappa shape index (κ3) is 4.23. The quantitative estimate of drug-likeness (QED) is 0.696. The van der Waals surface area contributed by atoms with Gasteiger partial charge in [-0.25, -0.2) is 0 Å². The Balaban J connectivity index is 2.78. The number of halogens is 1. The summed E-state index contributed by atoms with van der Waals surface area (Å²) in [5.41, 5.74) is 1.37. The number of phenols is 1. The van der Waals surface area contributed by atoms with Gasteiger partial charge in [0.25, 0.3) is 0 Å². The van der Waals surface area contributed by atoms with Crippen molar-refractivity contribution in [3.05, 3.63) is 29.8 Å². The van der Waals surface area contributed by atoms with Crippen molar-refractivity contribution >= 4 is 11.6 Å². The highest BCUT2D eigenvalue weighted by Gasteiger charge is 2.26. The zero-order valence-corrected chi connectivity index (χ0v) is 11.6. The Labute approximate surface area is 110 Å². The Hall–Kier alpha value is -0.690. The van der Waals surface area contributed by atoms with Gasteiger partial charge in [0.2, 0.25) is 0 Å². The Morgan fingerprint density at radius 1 is 1.29 bits per heavy atom. The fourth-order valence-corrected chi connectivity index (χ4v) is 2.67. The van der Waals surface area contributed by atoms with Gasteiger partial charge in [0, 0.05) is 5.88 Å². The zero-order chi connectivity index (χ0) is 12.7. The predicted octanol–water partition coefficient (Wildman–Crippen LogP) is 4.76. The first kappa shape index (κ1) is 14.4. The van der Waals surface area contributed by atoms with Crippen molar-refractivity contribution < 1.29 is 5.11 Å². The molecule has 0 amide bonds. The van der Waals surface area contributed by atoms with Crippen LogP contribution in [0.3, 0.4) is 0 Å². The Morgan fingerprint density at radius 3 is 2.59 bits per heavy atom. The van der Waals surface area contributed by atoms with Crippen LogP contribution < -0.4 is 0 Å². The topological polar surface area (TPSA) is 20.2 Å². The van der Waals surface area contributed by atoms with Gasteiger partial charge in [0.1, 0.15) is 5.75 Å². The number of alkyl halides is 1. The number of unbranched alkanes of at least 4 members (excludes halogenated alkanes) is 1. The van der Waals surface area contributed by atoms with Gasteiger partial charge in [0.15, 0.2) is 0 Å². The van der Waals surface area contributed by atoms with E-state index in [1.165, 1.54) is 24.8 Å². The first-order valence-electron chi connectivity index (χ1n) is 6.49. The zero-order valence-electron chi connectivity index (χ0n) is 10.9. The summed E-state index contributed by atoms with van der Waals surface area (Å²) in [5.74, 6) is 1.04. The molecule has 1 nitrogen and oxygen atoms in total. The maximum absolute atomic E-state index is 9.50. The standard InChI is InChI=1S/C15H23ClO/c1-3-5-9-15(4-2,12-16)11-13-7-6-8-14(17)10-13/h6-8,10,17H,3-5,9,11-12H2,1-2H3. The molecule has 0 fully saturated rings. The third-order valence-corrected chi connectivity index (χ3v) is 4.15. The Morgan fingerprint density at radius 2 is 2.06 bits per heavy atom. The normalized spacial score (nSPS) is 14.5. The molecule has 0 radical (unpaired) electrons. The van der Waals surface area contributed by atoms with Crippen LogP contribution in [0.2, 0.25) is 0 Å². The van der Waals surface area contributed by atoms with E-state index in [1.54, 1.807) is 6.07 Å². The molecule has 0 spiro atoms. The summed E-state index contributed by atoms with van der Waals surface area (Å²) < 4.78 is 0. The highest BCUT2D eigenvalue weighted by Crippen LogP contribution is 2.35. The van der Waals surface area contributed by atoms with E-state index in [1.807, 2.05) is 12.1 Å². The molecule has 2 heteroatoms. The minimum atomic E-state index is 0.186. The van der Waals surface area contributed by atoms with Crippen molar-refractivity contribution in [3.63, 3.8) is 0 Å². The molecule has 96 valence electrons. The third-order valence-electron chi connectivity index (χ3n) is 3.58. The molecule has 0 saturated carbocycles. The smallest absolute Gasteiger partial charge is 0.115 e. The summed E-state index contributed by atoms with van der Waals surface area (Å²) in [6.45, 7) is 4.42. The summed E-state index contributed by atoms with van der Waals surface area (Å²) in [6, 6.07) is 7.54.